The molecule has 118 valence electrons. The number of benzene rings is 1. The maximum absolute atomic E-state index is 11.9. The lowest BCUT2D eigenvalue weighted by Crippen LogP contribution is -2.06. The number of ether oxygens (including phenoxy) is 2. The van der Waals surface area contributed by atoms with Gasteiger partial charge in [-0.2, -0.15) is 0 Å². The van der Waals surface area contributed by atoms with Crippen molar-refractivity contribution in [3.05, 3.63) is 65.6 Å². The number of rotatable bonds is 5. The molecule has 0 radical (unpaired) electrons. The van der Waals surface area contributed by atoms with Gasteiger partial charge in [0.05, 0.1) is 18.5 Å². The molecule has 0 spiro atoms. The Morgan fingerprint density at radius 3 is 2.70 bits per heavy atom. The van der Waals surface area contributed by atoms with Crippen LogP contribution in [0.15, 0.2) is 48.7 Å². The van der Waals surface area contributed by atoms with Crippen molar-refractivity contribution in [3.63, 3.8) is 0 Å². The van der Waals surface area contributed by atoms with Crippen molar-refractivity contribution in [2.75, 3.05) is 6.61 Å². The summed E-state index contributed by atoms with van der Waals surface area (Å²) in [5.74, 6) is 0.317. The number of aryl methyl sites for hydroxylation is 1. The van der Waals surface area contributed by atoms with Gasteiger partial charge in [-0.05, 0) is 31.5 Å². The van der Waals surface area contributed by atoms with Crippen LogP contribution in [0.5, 0.6) is 5.75 Å². The maximum atomic E-state index is 11.9. The lowest BCUT2D eigenvalue weighted by atomic mass is 10.2. The largest absolute Gasteiger partial charge is 0.487 e. The molecule has 0 aliphatic heterocycles. The van der Waals surface area contributed by atoms with E-state index in [9.17, 15) is 4.79 Å². The number of pyridine rings is 1. The summed E-state index contributed by atoms with van der Waals surface area (Å²) in [5, 5.41) is 0. The molecule has 0 aliphatic rings. The molecule has 5 heteroatoms. The van der Waals surface area contributed by atoms with Gasteiger partial charge in [-0.1, -0.05) is 30.3 Å². The minimum atomic E-state index is -0.402. The minimum Gasteiger partial charge on any atom is -0.487 e. The van der Waals surface area contributed by atoms with Crippen LogP contribution in [0.4, 0.5) is 0 Å². The maximum Gasteiger partial charge on any atom is 0.358 e. The number of nitrogens with zero attached hydrogens (tertiary/aromatic N) is 2. The second kappa shape index (κ2) is 6.52. The van der Waals surface area contributed by atoms with E-state index < -0.39 is 5.97 Å². The molecule has 0 aliphatic carbocycles. The van der Waals surface area contributed by atoms with Gasteiger partial charge in [-0.3, -0.25) is 4.40 Å². The molecule has 0 saturated carbocycles. The fraction of sp³-hybridized carbons (Fsp3) is 0.222. The second-order valence-electron chi connectivity index (χ2n) is 5.13. The first-order valence-electron chi connectivity index (χ1n) is 7.51. The van der Waals surface area contributed by atoms with Crippen LogP contribution in [0, 0.1) is 6.92 Å². The standard InChI is InChI=1S/C18H18N2O3/c1-3-22-18(21)17-13(2)20-11-15(9-10-16(20)19-17)23-12-14-7-5-4-6-8-14/h4-11H,3,12H2,1-2H3. The molecule has 3 rings (SSSR count). The SMILES string of the molecule is CCOC(=O)c1nc2ccc(OCc3ccccc3)cn2c1C. The molecular weight excluding hydrogens is 292 g/mol. The molecular formula is C18H18N2O3. The Balaban J connectivity index is 1.84. The number of hydrogen-bond acceptors (Lipinski definition) is 4. The van der Waals surface area contributed by atoms with E-state index in [-0.39, 0.29) is 0 Å². The molecule has 2 aromatic heterocycles. The summed E-state index contributed by atoms with van der Waals surface area (Å²) in [6.45, 7) is 4.44. The zero-order chi connectivity index (χ0) is 16.2. The second-order valence-corrected chi connectivity index (χ2v) is 5.13. The topological polar surface area (TPSA) is 52.8 Å². The quantitative estimate of drug-likeness (QED) is 0.678. The summed E-state index contributed by atoms with van der Waals surface area (Å²) >= 11 is 0. The van der Waals surface area contributed by atoms with Crippen molar-refractivity contribution in [2.45, 2.75) is 20.5 Å². The van der Waals surface area contributed by atoms with E-state index in [2.05, 4.69) is 4.98 Å². The van der Waals surface area contributed by atoms with E-state index in [1.54, 1.807) is 6.92 Å². The van der Waals surface area contributed by atoms with Gasteiger partial charge < -0.3 is 9.47 Å². The van der Waals surface area contributed by atoms with E-state index in [1.165, 1.54) is 0 Å². The zero-order valence-corrected chi connectivity index (χ0v) is 13.2. The number of hydrogen-bond donors (Lipinski definition) is 0. The van der Waals surface area contributed by atoms with E-state index in [4.69, 9.17) is 9.47 Å². The van der Waals surface area contributed by atoms with Gasteiger partial charge in [0.15, 0.2) is 5.69 Å². The Morgan fingerprint density at radius 2 is 1.96 bits per heavy atom. The molecule has 2 heterocycles. The van der Waals surface area contributed by atoms with Crippen molar-refractivity contribution in [1.29, 1.82) is 0 Å². The van der Waals surface area contributed by atoms with Gasteiger partial charge in [0.25, 0.3) is 0 Å². The molecule has 1 aromatic carbocycles. The Morgan fingerprint density at radius 1 is 1.17 bits per heavy atom. The number of carbonyl (C=O) groups is 1. The van der Waals surface area contributed by atoms with E-state index in [0.29, 0.717) is 24.6 Å². The molecule has 0 fully saturated rings. The molecule has 0 atom stereocenters. The van der Waals surface area contributed by atoms with Gasteiger partial charge in [-0.15, -0.1) is 0 Å². The number of imidazole rings is 1. The van der Waals surface area contributed by atoms with Gasteiger partial charge in [0.2, 0.25) is 0 Å². The first kappa shape index (κ1) is 15.1. The molecule has 3 aromatic rings. The van der Waals surface area contributed by atoms with Gasteiger partial charge in [0.1, 0.15) is 18.0 Å². The van der Waals surface area contributed by atoms with Gasteiger partial charge in [0, 0.05) is 0 Å². The third kappa shape index (κ3) is 3.18. The summed E-state index contributed by atoms with van der Waals surface area (Å²) in [6.07, 6.45) is 1.84. The Hall–Kier alpha value is -2.82. The van der Waals surface area contributed by atoms with Crippen molar-refractivity contribution in [1.82, 2.24) is 9.38 Å². The summed E-state index contributed by atoms with van der Waals surface area (Å²) in [5.41, 5.74) is 2.87. The number of carbonyl (C=O) groups excluding carboxylic acids is 1. The zero-order valence-electron chi connectivity index (χ0n) is 13.2. The predicted octanol–water partition coefficient (Wildman–Crippen LogP) is 3.40. The van der Waals surface area contributed by atoms with E-state index >= 15 is 0 Å². The lowest BCUT2D eigenvalue weighted by Gasteiger charge is -2.07. The highest BCUT2D eigenvalue weighted by Crippen LogP contribution is 2.19. The molecule has 0 unspecified atom stereocenters. The van der Waals surface area contributed by atoms with Crippen LogP contribution in [-0.2, 0) is 11.3 Å². The summed E-state index contributed by atoms with van der Waals surface area (Å²) in [6, 6.07) is 13.6. The van der Waals surface area contributed by atoms with Crippen LogP contribution >= 0.6 is 0 Å². The fourth-order valence-electron chi connectivity index (χ4n) is 2.36. The third-order valence-electron chi connectivity index (χ3n) is 3.55. The van der Waals surface area contributed by atoms with Crippen LogP contribution in [0.3, 0.4) is 0 Å². The highest BCUT2D eigenvalue weighted by molar-refractivity contribution is 5.89. The predicted molar refractivity (Wildman–Crippen MR) is 86.7 cm³/mol. The average molecular weight is 310 g/mol. The molecule has 23 heavy (non-hydrogen) atoms. The van der Waals surface area contributed by atoms with E-state index in [0.717, 1.165) is 17.0 Å². The first-order valence-corrected chi connectivity index (χ1v) is 7.51. The Labute approximate surface area is 134 Å². The van der Waals surface area contributed by atoms with Crippen LogP contribution in [0.1, 0.15) is 28.7 Å². The van der Waals surface area contributed by atoms with E-state index in [1.807, 2.05) is 60.0 Å². The van der Waals surface area contributed by atoms with Crippen molar-refractivity contribution < 1.29 is 14.3 Å². The van der Waals surface area contributed by atoms with Crippen LogP contribution in [0.2, 0.25) is 0 Å². The molecule has 5 nitrogen and oxygen atoms in total. The van der Waals surface area contributed by atoms with Crippen LogP contribution < -0.4 is 4.74 Å². The normalized spacial score (nSPS) is 10.7. The van der Waals surface area contributed by atoms with Crippen molar-refractivity contribution in [3.8, 4) is 5.75 Å². The molecule has 0 saturated heterocycles. The monoisotopic (exact) mass is 310 g/mol. The average Bonchev–Trinajstić information content (AvgIpc) is 2.91. The molecule has 0 N–H and O–H groups in total. The first-order chi connectivity index (χ1) is 11.2. The minimum absolute atomic E-state index is 0.331. The highest BCUT2D eigenvalue weighted by Gasteiger charge is 2.17. The number of esters is 1. The summed E-state index contributed by atoms with van der Waals surface area (Å²) in [4.78, 5) is 16.2. The smallest absolute Gasteiger partial charge is 0.358 e. The number of fused-ring (bicyclic) bond motifs is 1. The highest BCUT2D eigenvalue weighted by atomic mass is 16.5. The number of aromatic nitrogens is 2. The van der Waals surface area contributed by atoms with Gasteiger partial charge >= 0.3 is 5.97 Å². The summed E-state index contributed by atoms with van der Waals surface area (Å²) in [7, 11) is 0. The van der Waals surface area contributed by atoms with Crippen molar-refractivity contribution >= 4 is 11.6 Å². The van der Waals surface area contributed by atoms with Crippen LogP contribution in [-0.4, -0.2) is 22.0 Å². The Kier molecular flexibility index (Phi) is 4.28. The van der Waals surface area contributed by atoms with Crippen LogP contribution in [0.25, 0.3) is 5.65 Å². The fourth-order valence-corrected chi connectivity index (χ4v) is 2.36. The Bertz CT molecular complexity index is 825. The molecule has 0 amide bonds. The van der Waals surface area contributed by atoms with Crippen molar-refractivity contribution in [2.24, 2.45) is 0 Å². The third-order valence-corrected chi connectivity index (χ3v) is 3.55. The molecule has 0 bridgehead atoms. The lowest BCUT2D eigenvalue weighted by molar-refractivity contribution is 0.0519. The summed E-state index contributed by atoms with van der Waals surface area (Å²) < 4.78 is 12.7. The van der Waals surface area contributed by atoms with Gasteiger partial charge in [-0.25, -0.2) is 9.78 Å².